The van der Waals surface area contributed by atoms with Gasteiger partial charge < -0.3 is 10.1 Å². The molecule has 0 aromatic heterocycles. The van der Waals surface area contributed by atoms with E-state index in [-0.39, 0.29) is 23.3 Å². The molecule has 2 saturated heterocycles. The molecule has 1 aromatic rings. The zero-order valence-corrected chi connectivity index (χ0v) is 10.2. The molecule has 1 saturated carbocycles. The van der Waals surface area contributed by atoms with Crippen molar-refractivity contribution in [3.05, 3.63) is 35.4 Å². The highest BCUT2D eigenvalue weighted by Gasteiger charge is 2.64. The molecule has 0 radical (unpaired) electrons. The second-order valence-electron chi connectivity index (χ2n) is 5.12. The zero-order valence-electron chi connectivity index (χ0n) is 10.2. The van der Waals surface area contributed by atoms with Gasteiger partial charge in [0.05, 0.1) is 18.6 Å². The van der Waals surface area contributed by atoms with Gasteiger partial charge >= 0.3 is 0 Å². The first-order valence-electron chi connectivity index (χ1n) is 6.08. The molecule has 90 valence electrons. The highest BCUT2D eigenvalue weighted by atomic mass is 16.5. The van der Waals surface area contributed by atoms with E-state index in [2.05, 4.69) is 24.4 Å². The first kappa shape index (κ1) is 10.8. The van der Waals surface area contributed by atoms with Crippen molar-refractivity contribution in [1.29, 1.82) is 0 Å². The van der Waals surface area contributed by atoms with Gasteiger partial charge in [-0.25, -0.2) is 0 Å². The quantitative estimate of drug-likeness (QED) is 0.835. The molecule has 2 heterocycles. The summed E-state index contributed by atoms with van der Waals surface area (Å²) in [6.45, 7) is 2.79. The lowest BCUT2D eigenvalue weighted by atomic mass is 9.56. The van der Waals surface area contributed by atoms with Crippen molar-refractivity contribution in [3.8, 4) is 0 Å². The third-order valence-electron chi connectivity index (χ3n) is 4.30. The number of carbonyl (C=O) groups is 1. The van der Waals surface area contributed by atoms with E-state index in [9.17, 15) is 4.79 Å². The minimum atomic E-state index is -0.0733. The summed E-state index contributed by atoms with van der Waals surface area (Å²) < 4.78 is 5.71. The minimum Gasteiger partial charge on any atom is -0.376 e. The second-order valence-corrected chi connectivity index (χ2v) is 5.12. The molecular formula is C14H17NO2. The fourth-order valence-corrected chi connectivity index (χ4v) is 3.42. The Hall–Kier alpha value is -1.35. The predicted molar refractivity (Wildman–Crippen MR) is 64.8 cm³/mol. The third-order valence-corrected chi connectivity index (χ3v) is 4.30. The Morgan fingerprint density at radius 2 is 2.24 bits per heavy atom. The van der Waals surface area contributed by atoms with Crippen molar-refractivity contribution < 1.29 is 9.53 Å². The minimum absolute atomic E-state index is 0.00593. The van der Waals surface area contributed by atoms with Gasteiger partial charge in [0.1, 0.15) is 0 Å². The van der Waals surface area contributed by atoms with Crippen LogP contribution >= 0.6 is 0 Å². The van der Waals surface area contributed by atoms with Crippen LogP contribution in [0.1, 0.15) is 17.5 Å². The van der Waals surface area contributed by atoms with E-state index in [0.29, 0.717) is 6.61 Å². The molecule has 1 aromatic carbocycles. The second kappa shape index (κ2) is 3.57. The van der Waals surface area contributed by atoms with E-state index >= 15 is 0 Å². The summed E-state index contributed by atoms with van der Waals surface area (Å²) in [6, 6.07) is 8.33. The van der Waals surface area contributed by atoms with Crippen molar-refractivity contribution in [2.45, 2.75) is 24.9 Å². The fraction of sp³-hybridized carbons (Fsp3) is 0.500. The number of hydrogen-bond donors (Lipinski definition) is 1. The molecule has 3 nitrogen and oxygen atoms in total. The van der Waals surface area contributed by atoms with Crippen LogP contribution in [0.5, 0.6) is 0 Å². The maximum absolute atomic E-state index is 12.0. The summed E-state index contributed by atoms with van der Waals surface area (Å²) in [7, 11) is 1.70. The highest BCUT2D eigenvalue weighted by Crippen LogP contribution is 2.57. The van der Waals surface area contributed by atoms with Gasteiger partial charge in [-0.1, -0.05) is 24.3 Å². The first-order valence-corrected chi connectivity index (χ1v) is 6.08. The maximum atomic E-state index is 12.0. The van der Waals surface area contributed by atoms with Crippen molar-refractivity contribution in [2.24, 2.45) is 5.92 Å². The van der Waals surface area contributed by atoms with Gasteiger partial charge in [0.25, 0.3) is 0 Å². The third kappa shape index (κ3) is 1.29. The number of benzene rings is 1. The summed E-state index contributed by atoms with van der Waals surface area (Å²) in [6.07, 6.45) is 1.10. The molecule has 0 spiro atoms. The van der Waals surface area contributed by atoms with Crippen molar-refractivity contribution >= 4 is 5.91 Å². The lowest BCUT2D eigenvalue weighted by molar-refractivity contribution is -0.132. The van der Waals surface area contributed by atoms with Gasteiger partial charge in [-0.3, -0.25) is 4.79 Å². The molecule has 3 atom stereocenters. The van der Waals surface area contributed by atoms with Crippen LogP contribution in [0.15, 0.2) is 24.3 Å². The van der Waals surface area contributed by atoms with Crippen molar-refractivity contribution in [3.63, 3.8) is 0 Å². The van der Waals surface area contributed by atoms with Crippen LogP contribution in [-0.4, -0.2) is 25.7 Å². The van der Waals surface area contributed by atoms with Crippen LogP contribution in [-0.2, 0) is 14.9 Å². The van der Waals surface area contributed by atoms with Gasteiger partial charge in [0.15, 0.2) is 0 Å². The van der Waals surface area contributed by atoms with Gasteiger partial charge in [0.2, 0.25) is 5.91 Å². The number of ether oxygens (including phenoxy) is 1. The fourth-order valence-electron chi connectivity index (χ4n) is 3.42. The van der Waals surface area contributed by atoms with E-state index in [1.54, 1.807) is 7.05 Å². The van der Waals surface area contributed by atoms with Crippen LogP contribution in [0.2, 0.25) is 0 Å². The number of hydrogen-bond acceptors (Lipinski definition) is 2. The first-order chi connectivity index (χ1) is 8.19. The predicted octanol–water partition coefficient (Wildman–Crippen LogP) is 1.40. The normalized spacial score (nSPS) is 34.2. The van der Waals surface area contributed by atoms with E-state index < -0.39 is 0 Å². The molecular weight excluding hydrogens is 214 g/mol. The standard InChI is InChI=1S/C14H17NO2/c1-9-5-3-4-6-10(9)14-7-11(17-8-14)12(14)13(16)15-2/h3-6,11-12H,7-8H2,1-2H3,(H,15,16). The molecule has 1 aliphatic carbocycles. The number of carbonyl (C=O) groups excluding carboxylic acids is 1. The smallest absolute Gasteiger partial charge is 0.226 e. The lowest BCUT2D eigenvalue weighted by Crippen LogP contribution is -2.55. The monoisotopic (exact) mass is 231 g/mol. The Labute approximate surface area is 101 Å². The molecule has 17 heavy (non-hydrogen) atoms. The van der Waals surface area contributed by atoms with Gasteiger partial charge in [-0.05, 0) is 24.5 Å². The molecule has 4 rings (SSSR count). The summed E-state index contributed by atoms with van der Waals surface area (Å²) in [4.78, 5) is 12.0. The zero-order chi connectivity index (χ0) is 12.0. The lowest BCUT2D eigenvalue weighted by Gasteiger charge is -2.44. The number of amides is 1. The van der Waals surface area contributed by atoms with Crippen LogP contribution in [0.4, 0.5) is 0 Å². The Bertz CT molecular complexity index is 467. The Kier molecular flexibility index (Phi) is 2.26. The largest absolute Gasteiger partial charge is 0.376 e. The summed E-state index contributed by atoms with van der Waals surface area (Å²) >= 11 is 0. The van der Waals surface area contributed by atoms with Crippen LogP contribution < -0.4 is 5.32 Å². The molecule has 3 heteroatoms. The number of rotatable bonds is 2. The molecule has 2 aliphatic heterocycles. The van der Waals surface area contributed by atoms with Crippen LogP contribution in [0.3, 0.4) is 0 Å². The van der Waals surface area contributed by atoms with Crippen molar-refractivity contribution in [1.82, 2.24) is 5.32 Å². The van der Waals surface area contributed by atoms with Gasteiger partial charge in [0, 0.05) is 12.5 Å². The Morgan fingerprint density at radius 1 is 1.47 bits per heavy atom. The van der Waals surface area contributed by atoms with E-state index in [4.69, 9.17) is 4.74 Å². The Morgan fingerprint density at radius 3 is 2.88 bits per heavy atom. The average molecular weight is 231 g/mol. The van der Waals surface area contributed by atoms with Gasteiger partial charge in [-0.15, -0.1) is 0 Å². The topological polar surface area (TPSA) is 38.3 Å². The number of fused-ring (bicyclic) bond motifs is 1. The summed E-state index contributed by atoms with van der Waals surface area (Å²) in [5.41, 5.74) is 2.46. The summed E-state index contributed by atoms with van der Waals surface area (Å²) in [5.74, 6) is 0.107. The van der Waals surface area contributed by atoms with Gasteiger partial charge in [-0.2, -0.15) is 0 Å². The number of nitrogens with one attached hydrogen (secondary N) is 1. The average Bonchev–Trinajstić information content (AvgIpc) is 2.88. The SMILES string of the molecule is CNC(=O)C1C2CC1(c1ccccc1C)CO2. The Balaban J connectivity index is 2.02. The molecule has 2 bridgehead atoms. The van der Waals surface area contributed by atoms with Crippen LogP contribution in [0, 0.1) is 12.8 Å². The number of aryl methyl sites for hydroxylation is 1. The van der Waals surface area contributed by atoms with Crippen molar-refractivity contribution in [2.75, 3.05) is 13.7 Å². The van der Waals surface area contributed by atoms with Crippen LogP contribution in [0.25, 0.3) is 0 Å². The highest BCUT2D eigenvalue weighted by molar-refractivity contribution is 5.83. The summed E-state index contributed by atoms with van der Waals surface area (Å²) in [5, 5.41) is 2.76. The molecule has 3 fully saturated rings. The van der Waals surface area contributed by atoms with E-state index in [1.165, 1.54) is 11.1 Å². The molecule has 3 aliphatic rings. The molecule has 1 amide bonds. The van der Waals surface area contributed by atoms with E-state index in [1.807, 2.05) is 12.1 Å². The van der Waals surface area contributed by atoms with E-state index in [0.717, 1.165) is 6.42 Å². The maximum Gasteiger partial charge on any atom is 0.226 e. The molecule has 3 unspecified atom stereocenters. The molecule has 1 N–H and O–H groups in total.